The van der Waals surface area contributed by atoms with Crippen LogP contribution in [0.3, 0.4) is 0 Å². The number of nitrogens with one attached hydrogen (secondary N) is 2. The average Bonchev–Trinajstić information content (AvgIpc) is 3.29. The lowest BCUT2D eigenvalue weighted by Gasteiger charge is -2.09. The number of rotatable bonds is 5. The van der Waals surface area contributed by atoms with Crippen LogP contribution in [0, 0.1) is 0 Å². The van der Waals surface area contributed by atoms with Crippen molar-refractivity contribution in [3.63, 3.8) is 0 Å². The molecule has 2 N–H and O–H groups in total. The number of nitrogens with zero attached hydrogens (tertiary/aromatic N) is 1. The lowest BCUT2D eigenvalue weighted by molar-refractivity contribution is -0.136. The van der Waals surface area contributed by atoms with Crippen LogP contribution >= 0.6 is 11.6 Å². The Morgan fingerprint density at radius 2 is 1.70 bits per heavy atom. The summed E-state index contributed by atoms with van der Waals surface area (Å²) in [4.78, 5) is 36.1. The van der Waals surface area contributed by atoms with Crippen LogP contribution in [0.25, 0.3) is 0 Å². The summed E-state index contributed by atoms with van der Waals surface area (Å²) in [5, 5.41) is 6.85. The molecule has 0 saturated heterocycles. The van der Waals surface area contributed by atoms with Crippen molar-refractivity contribution in [2.75, 3.05) is 5.32 Å². The van der Waals surface area contributed by atoms with Crippen LogP contribution in [0.5, 0.6) is 5.75 Å². The third kappa shape index (κ3) is 5.33. The number of ether oxygens (including phenoxy) is 1. The van der Waals surface area contributed by atoms with Gasteiger partial charge in [0.25, 0.3) is 0 Å². The Bertz CT molecular complexity index is 1090. The van der Waals surface area contributed by atoms with Crippen LogP contribution in [0.2, 0.25) is 5.02 Å². The highest BCUT2D eigenvalue weighted by molar-refractivity contribution is 6.39. The maximum absolute atomic E-state index is 12.1. The molecule has 0 atom stereocenters. The van der Waals surface area contributed by atoms with Gasteiger partial charge in [0.2, 0.25) is 5.76 Å². The van der Waals surface area contributed by atoms with E-state index in [-0.39, 0.29) is 11.5 Å². The number of halogens is 1. The summed E-state index contributed by atoms with van der Waals surface area (Å²) in [6, 6.07) is 16.0. The average molecular weight is 426 g/mol. The predicted octanol–water partition coefficient (Wildman–Crippen LogP) is 3.63. The number of hydrogen-bond donors (Lipinski definition) is 2. The van der Waals surface area contributed by atoms with Crippen molar-refractivity contribution >= 4 is 40.8 Å². The first-order valence-electron chi connectivity index (χ1n) is 8.70. The highest BCUT2D eigenvalue weighted by Crippen LogP contribution is 2.20. The zero-order valence-corrected chi connectivity index (χ0v) is 16.5. The van der Waals surface area contributed by atoms with Gasteiger partial charge in [-0.3, -0.25) is 9.59 Å². The molecule has 30 heavy (non-hydrogen) atoms. The van der Waals surface area contributed by atoms with Crippen molar-refractivity contribution in [3.05, 3.63) is 83.3 Å². The minimum atomic E-state index is -0.964. The molecule has 0 unspecified atom stereocenters. The Balaban J connectivity index is 1.66. The van der Waals surface area contributed by atoms with E-state index in [1.807, 2.05) is 0 Å². The molecule has 0 saturated carbocycles. The summed E-state index contributed by atoms with van der Waals surface area (Å²) in [7, 11) is 0. The van der Waals surface area contributed by atoms with Gasteiger partial charge in [0.15, 0.2) is 0 Å². The highest BCUT2D eigenvalue weighted by Gasteiger charge is 2.16. The van der Waals surface area contributed by atoms with Crippen LogP contribution in [0.4, 0.5) is 5.69 Å². The molecule has 0 spiro atoms. The second-order valence-electron chi connectivity index (χ2n) is 5.96. The van der Waals surface area contributed by atoms with Gasteiger partial charge in [-0.2, -0.15) is 5.10 Å². The number of benzene rings is 2. The first kappa shape index (κ1) is 20.8. The summed E-state index contributed by atoms with van der Waals surface area (Å²) < 4.78 is 10.4. The normalized spacial score (nSPS) is 10.9. The Kier molecular flexibility index (Phi) is 6.61. The maximum Gasteiger partial charge on any atom is 0.379 e. The van der Waals surface area contributed by atoms with Crippen molar-refractivity contribution in [3.8, 4) is 5.75 Å². The predicted molar refractivity (Wildman–Crippen MR) is 111 cm³/mol. The number of amides is 2. The number of anilines is 1. The molecular formula is C21H16ClN3O5. The van der Waals surface area contributed by atoms with Gasteiger partial charge < -0.3 is 14.5 Å². The molecule has 0 bridgehead atoms. The molecule has 0 aliphatic heterocycles. The van der Waals surface area contributed by atoms with Gasteiger partial charge in [0.1, 0.15) is 5.75 Å². The van der Waals surface area contributed by atoms with E-state index < -0.39 is 17.8 Å². The number of carbonyl (C=O) groups is 3. The second kappa shape index (κ2) is 9.53. The van der Waals surface area contributed by atoms with Crippen molar-refractivity contribution in [2.45, 2.75) is 6.92 Å². The Labute approximate surface area is 176 Å². The minimum absolute atomic E-state index is 0.0477. The van der Waals surface area contributed by atoms with Crippen LogP contribution < -0.4 is 15.5 Å². The largest absolute Gasteiger partial charge is 0.457 e. The standard InChI is InChI=1S/C21H16ClN3O5/c1-13(24-25-20(27)19(26)23-15-10-8-14(22)9-11-15)16-5-2-3-6-17(16)30-21(28)18-7-4-12-29-18/h2-12H,1H3,(H,23,26)(H,25,27)/b24-13+. The fourth-order valence-electron chi connectivity index (χ4n) is 2.37. The monoisotopic (exact) mass is 425 g/mol. The van der Waals surface area contributed by atoms with Crippen LogP contribution in [0.1, 0.15) is 23.0 Å². The SMILES string of the molecule is C/C(=N\NC(=O)C(=O)Nc1ccc(Cl)cc1)c1ccccc1OC(=O)c1ccco1. The molecule has 3 aromatic rings. The highest BCUT2D eigenvalue weighted by atomic mass is 35.5. The van der Waals surface area contributed by atoms with E-state index in [1.54, 1.807) is 61.5 Å². The minimum Gasteiger partial charge on any atom is -0.457 e. The van der Waals surface area contributed by atoms with E-state index in [2.05, 4.69) is 15.8 Å². The topological polar surface area (TPSA) is 110 Å². The Morgan fingerprint density at radius 3 is 2.40 bits per heavy atom. The molecule has 0 fully saturated rings. The molecule has 0 aliphatic rings. The number of hydrogen-bond acceptors (Lipinski definition) is 6. The van der Waals surface area contributed by atoms with Gasteiger partial charge in [-0.1, -0.05) is 23.7 Å². The molecule has 2 aromatic carbocycles. The summed E-state index contributed by atoms with van der Waals surface area (Å²) in [6.45, 7) is 1.59. The molecule has 1 heterocycles. The van der Waals surface area contributed by atoms with Crippen molar-refractivity contribution in [1.82, 2.24) is 5.43 Å². The van der Waals surface area contributed by atoms with E-state index in [0.717, 1.165) is 0 Å². The third-order valence-corrected chi connectivity index (χ3v) is 4.09. The van der Waals surface area contributed by atoms with E-state index in [4.69, 9.17) is 20.8 Å². The summed E-state index contributed by atoms with van der Waals surface area (Å²) in [6.07, 6.45) is 1.36. The zero-order valence-electron chi connectivity index (χ0n) is 15.7. The smallest absolute Gasteiger partial charge is 0.379 e. The van der Waals surface area contributed by atoms with E-state index in [9.17, 15) is 14.4 Å². The third-order valence-electron chi connectivity index (χ3n) is 3.84. The van der Waals surface area contributed by atoms with Gasteiger partial charge in [-0.15, -0.1) is 0 Å². The Hall–Kier alpha value is -3.91. The number of para-hydroxylation sites is 1. The molecule has 0 aliphatic carbocycles. The fourth-order valence-corrected chi connectivity index (χ4v) is 2.49. The molecule has 8 nitrogen and oxygen atoms in total. The molecule has 9 heteroatoms. The van der Waals surface area contributed by atoms with Gasteiger partial charge >= 0.3 is 17.8 Å². The quantitative estimate of drug-likeness (QED) is 0.213. The van der Waals surface area contributed by atoms with Crippen LogP contribution in [-0.4, -0.2) is 23.5 Å². The number of furan rings is 1. The molecule has 0 radical (unpaired) electrons. The van der Waals surface area contributed by atoms with Gasteiger partial charge in [-0.05, 0) is 55.5 Å². The summed E-state index contributed by atoms with van der Waals surface area (Å²) >= 11 is 5.78. The number of hydrazone groups is 1. The van der Waals surface area contributed by atoms with Crippen LogP contribution in [0.15, 0.2) is 76.4 Å². The lowest BCUT2D eigenvalue weighted by Crippen LogP contribution is -2.33. The molecule has 1 aromatic heterocycles. The van der Waals surface area contributed by atoms with Crippen molar-refractivity contribution in [1.29, 1.82) is 0 Å². The molecule has 2 amide bonds. The lowest BCUT2D eigenvalue weighted by atomic mass is 10.1. The van der Waals surface area contributed by atoms with E-state index >= 15 is 0 Å². The maximum atomic E-state index is 12.1. The fraction of sp³-hybridized carbons (Fsp3) is 0.0476. The van der Waals surface area contributed by atoms with Crippen molar-refractivity contribution < 1.29 is 23.5 Å². The van der Waals surface area contributed by atoms with Gasteiger partial charge in [-0.25, -0.2) is 10.2 Å². The number of esters is 1. The molecule has 152 valence electrons. The molecular weight excluding hydrogens is 410 g/mol. The summed E-state index contributed by atoms with van der Waals surface area (Å²) in [5.74, 6) is -2.26. The summed E-state index contributed by atoms with van der Waals surface area (Å²) in [5.41, 5.74) is 3.36. The first-order chi connectivity index (χ1) is 14.4. The first-order valence-corrected chi connectivity index (χ1v) is 9.08. The van der Waals surface area contributed by atoms with Crippen molar-refractivity contribution in [2.24, 2.45) is 5.10 Å². The van der Waals surface area contributed by atoms with Gasteiger partial charge in [0, 0.05) is 16.3 Å². The van der Waals surface area contributed by atoms with Crippen LogP contribution in [-0.2, 0) is 9.59 Å². The number of carbonyl (C=O) groups excluding carboxylic acids is 3. The van der Waals surface area contributed by atoms with E-state index in [0.29, 0.717) is 22.0 Å². The van der Waals surface area contributed by atoms with Gasteiger partial charge in [0.05, 0.1) is 12.0 Å². The second-order valence-corrected chi connectivity index (χ2v) is 6.40. The molecule has 3 rings (SSSR count). The Morgan fingerprint density at radius 1 is 0.967 bits per heavy atom. The van der Waals surface area contributed by atoms with E-state index in [1.165, 1.54) is 12.3 Å². The zero-order chi connectivity index (χ0) is 21.5.